The normalized spacial score (nSPS) is 10.5. The minimum Gasteiger partial charge on any atom is -0.253 e. The molecule has 66 valence electrons. The van der Waals surface area contributed by atoms with Crippen molar-refractivity contribution in [3.63, 3.8) is 0 Å². The molecule has 2 aromatic rings. The highest BCUT2D eigenvalue weighted by molar-refractivity contribution is 6.63. The Bertz CT molecular complexity index is 528. The average molecular weight is 198 g/mol. The number of hydrogen-bond acceptors (Lipinski definition) is 3. The van der Waals surface area contributed by atoms with Crippen molar-refractivity contribution in [2.45, 2.75) is 0 Å². The van der Waals surface area contributed by atoms with Gasteiger partial charge in [-0.1, -0.05) is 6.07 Å². The summed E-state index contributed by atoms with van der Waals surface area (Å²) in [5.41, 5.74) is -0.169. The van der Waals surface area contributed by atoms with E-state index in [9.17, 15) is 9.59 Å². The van der Waals surface area contributed by atoms with Crippen LogP contribution in [0, 0.1) is 0 Å². The van der Waals surface area contributed by atoms with E-state index in [1.165, 1.54) is 10.6 Å². The summed E-state index contributed by atoms with van der Waals surface area (Å²) in [5.74, 6) is 0. The van der Waals surface area contributed by atoms with Crippen molar-refractivity contribution in [2.24, 2.45) is 0 Å². The van der Waals surface area contributed by atoms with Crippen LogP contribution in [0.1, 0.15) is 0 Å². The van der Waals surface area contributed by atoms with Crippen molar-refractivity contribution >= 4 is 22.6 Å². The summed E-state index contributed by atoms with van der Waals surface area (Å²) in [4.78, 5) is 22.0. The molecule has 0 saturated carbocycles. The van der Waals surface area contributed by atoms with Gasteiger partial charge in [-0.2, -0.15) is 0 Å². The molecule has 0 radical (unpaired) electrons. The van der Waals surface area contributed by atoms with Gasteiger partial charge in [0.25, 0.3) is 0 Å². The summed E-state index contributed by atoms with van der Waals surface area (Å²) in [7, 11) is 0. The van der Waals surface area contributed by atoms with Crippen LogP contribution in [-0.4, -0.2) is 19.5 Å². The molecule has 6 heteroatoms. The molecule has 0 amide bonds. The predicted octanol–water partition coefficient (Wildman–Crippen LogP) is 0.703. The first-order valence-electron chi connectivity index (χ1n) is 3.46. The van der Waals surface area contributed by atoms with Gasteiger partial charge in [0.1, 0.15) is 0 Å². The molecule has 0 spiro atoms. The molecule has 13 heavy (non-hydrogen) atoms. The standard InChI is InChI=1S/C7H4ClN3O2/c8-6(12)11-7(13)10-4-2-1-3-5(10)9-11/h1-4H. The number of halogens is 1. The van der Waals surface area contributed by atoms with Crippen molar-refractivity contribution in [1.29, 1.82) is 0 Å². The number of hydrogen-bond donors (Lipinski definition) is 0. The number of rotatable bonds is 0. The van der Waals surface area contributed by atoms with Gasteiger partial charge in [-0.3, -0.25) is 4.79 Å². The molecule has 0 fully saturated rings. The van der Waals surface area contributed by atoms with Crippen LogP contribution in [0.5, 0.6) is 0 Å². The predicted molar refractivity (Wildman–Crippen MR) is 46.1 cm³/mol. The zero-order chi connectivity index (χ0) is 9.42. The van der Waals surface area contributed by atoms with E-state index < -0.39 is 11.1 Å². The monoisotopic (exact) mass is 197 g/mol. The van der Waals surface area contributed by atoms with Crippen LogP contribution in [0.4, 0.5) is 4.79 Å². The van der Waals surface area contributed by atoms with Crippen molar-refractivity contribution < 1.29 is 4.79 Å². The molecule has 0 saturated heterocycles. The molecule has 0 aliphatic rings. The second-order valence-corrected chi connectivity index (χ2v) is 2.70. The Morgan fingerprint density at radius 3 is 2.85 bits per heavy atom. The number of fused-ring (bicyclic) bond motifs is 1. The smallest absolute Gasteiger partial charge is 0.253 e. The minimum absolute atomic E-state index is 0.390. The Hall–Kier alpha value is -1.62. The van der Waals surface area contributed by atoms with Crippen LogP contribution in [0.3, 0.4) is 0 Å². The molecule has 0 atom stereocenters. The molecule has 0 aromatic carbocycles. The summed E-state index contributed by atoms with van der Waals surface area (Å²) in [5, 5.41) is 2.79. The maximum atomic E-state index is 11.3. The number of nitrogens with zero attached hydrogens (tertiary/aromatic N) is 3. The molecule has 0 N–H and O–H groups in total. The van der Waals surface area contributed by atoms with Crippen molar-refractivity contribution in [3.05, 3.63) is 34.9 Å². The Labute approximate surface area is 77.2 Å². The number of aromatic nitrogens is 3. The van der Waals surface area contributed by atoms with Gasteiger partial charge >= 0.3 is 11.1 Å². The third kappa shape index (κ3) is 1.13. The zero-order valence-corrected chi connectivity index (χ0v) is 7.10. The maximum absolute atomic E-state index is 11.3. The number of pyridine rings is 1. The van der Waals surface area contributed by atoms with Crippen molar-refractivity contribution in [2.75, 3.05) is 0 Å². The van der Waals surface area contributed by atoms with Crippen LogP contribution >= 0.6 is 11.6 Å². The van der Waals surface area contributed by atoms with Crippen LogP contribution in [0.25, 0.3) is 5.65 Å². The molecule has 0 aliphatic heterocycles. The third-order valence-corrected chi connectivity index (χ3v) is 1.75. The van der Waals surface area contributed by atoms with Gasteiger partial charge in [-0.05, 0) is 23.7 Å². The second kappa shape index (κ2) is 2.70. The van der Waals surface area contributed by atoms with Crippen LogP contribution < -0.4 is 5.69 Å². The summed E-state index contributed by atoms with van der Waals surface area (Å²) < 4.78 is 1.84. The fraction of sp³-hybridized carbons (Fsp3) is 0. The molecule has 5 nitrogen and oxygen atoms in total. The zero-order valence-electron chi connectivity index (χ0n) is 6.35. The fourth-order valence-electron chi connectivity index (χ4n) is 1.04. The molecular weight excluding hydrogens is 194 g/mol. The van der Waals surface area contributed by atoms with E-state index in [-0.39, 0.29) is 0 Å². The summed E-state index contributed by atoms with van der Waals surface area (Å²) >= 11 is 5.13. The van der Waals surface area contributed by atoms with Crippen molar-refractivity contribution in [1.82, 2.24) is 14.2 Å². The summed E-state index contributed by atoms with van der Waals surface area (Å²) in [6, 6.07) is 4.99. The minimum atomic E-state index is -0.909. The Morgan fingerprint density at radius 2 is 2.23 bits per heavy atom. The van der Waals surface area contributed by atoms with Crippen LogP contribution in [0.15, 0.2) is 29.2 Å². The highest BCUT2D eigenvalue weighted by Crippen LogP contribution is 1.95. The first kappa shape index (κ1) is 8.00. The maximum Gasteiger partial charge on any atom is 0.358 e. The first-order valence-corrected chi connectivity index (χ1v) is 3.84. The topological polar surface area (TPSA) is 56.4 Å². The van der Waals surface area contributed by atoms with Gasteiger partial charge in [-0.15, -0.1) is 9.78 Å². The summed E-state index contributed by atoms with van der Waals surface area (Å²) in [6.07, 6.45) is 1.51. The molecule has 0 aliphatic carbocycles. The highest BCUT2D eigenvalue weighted by Gasteiger charge is 2.09. The second-order valence-electron chi connectivity index (χ2n) is 2.38. The Balaban J connectivity index is 2.90. The lowest BCUT2D eigenvalue weighted by atomic mass is 10.5. The molecule has 0 unspecified atom stereocenters. The lowest BCUT2D eigenvalue weighted by molar-refractivity contribution is 0.258. The van der Waals surface area contributed by atoms with Gasteiger partial charge in [0, 0.05) is 6.20 Å². The quantitative estimate of drug-likeness (QED) is 0.585. The molecule has 0 bridgehead atoms. The van der Waals surface area contributed by atoms with E-state index >= 15 is 0 Å². The van der Waals surface area contributed by atoms with Crippen molar-refractivity contribution in [3.8, 4) is 0 Å². The molecule has 2 aromatic heterocycles. The van der Waals surface area contributed by atoms with Gasteiger partial charge in [-0.25, -0.2) is 9.20 Å². The van der Waals surface area contributed by atoms with E-state index in [0.29, 0.717) is 10.3 Å². The largest absolute Gasteiger partial charge is 0.358 e. The fourth-order valence-corrected chi connectivity index (χ4v) is 1.15. The first-order chi connectivity index (χ1) is 6.20. The van der Waals surface area contributed by atoms with Gasteiger partial charge < -0.3 is 0 Å². The molecule has 2 rings (SSSR count). The molecule has 2 heterocycles. The van der Waals surface area contributed by atoms with E-state index in [4.69, 9.17) is 11.6 Å². The Morgan fingerprint density at radius 1 is 1.46 bits per heavy atom. The van der Waals surface area contributed by atoms with Gasteiger partial charge in [0.05, 0.1) is 0 Å². The number of carbonyl (C=O) groups is 1. The van der Waals surface area contributed by atoms with Crippen LogP contribution in [0.2, 0.25) is 0 Å². The van der Waals surface area contributed by atoms with Gasteiger partial charge in [0.15, 0.2) is 5.65 Å². The lowest BCUT2D eigenvalue weighted by Gasteiger charge is -1.84. The SMILES string of the molecule is O=C(Cl)n1nc2ccccn2c1=O. The van der Waals surface area contributed by atoms with Gasteiger partial charge in [0.2, 0.25) is 0 Å². The third-order valence-electron chi connectivity index (χ3n) is 1.59. The van der Waals surface area contributed by atoms with E-state index in [1.54, 1.807) is 18.2 Å². The Kier molecular flexibility index (Phi) is 1.66. The lowest BCUT2D eigenvalue weighted by Crippen LogP contribution is -2.23. The number of carbonyl (C=O) groups excluding carboxylic acids is 1. The average Bonchev–Trinajstić information content (AvgIpc) is 2.45. The van der Waals surface area contributed by atoms with Crippen LogP contribution in [-0.2, 0) is 0 Å². The van der Waals surface area contributed by atoms with E-state index in [1.807, 2.05) is 0 Å². The van der Waals surface area contributed by atoms with E-state index in [0.717, 1.165) is 0 Å². The van der Waals surface area contributed by atoms with E-state index in [2.05, 4.69) is 5.10 Å². The summed E-state index contributed by atoms with van der Waals surface area (Å²) in [6.45, 7) is 0. The highest BCUT2D eigenvalue weighted by atomic mass is 35.5. The molecular formula is C7H4ClN3O2.